The maximum Gasteiger partial charge on any atom is 0.269 e. The molecule has 0 radical (unpaired) electrons. The number of aromatic nitrogens is 1. The topological polar surface area (TPSA) is 114 Å². The number of thioether (sulfide) groups is 1. The number of amides is 2. The molecule has 0 aliphatic carbocycles. The first-order chi connectivity index (χ1) is 17.4. The van der Waals surface area contributed by atoms with Crippen molar-refractivity contribution >= 4 is 62.2 Å². The van der Waals surface area contributed by atoms with Gasteiger partial charge in [-0.3, -0.25) is 19.7 Å². The number of hydrogen-bond acceptors (Lipinski definition) is 7. The SMILES string of the molecule is CCc1cccc(CC)c1NC(=O)CSc1nc2ccc(NC(=O)c3ccc([N+](=O)[O-])cc3)cc2s1. The van der Waals surface area contributed by atoms with E-state index < -0.39 is 4.92 Å². The standard InChI is InChI=1S/C26H24N4O4S2/c1-3-16-6-5-7-17(4-2)24(16)29-23(31)15-35-26-28-21-13-10-19(14-22(21)36-26)27-25(32)18-8-11-20(12-9-18)30(33)34/h5-14H,3-4,15H2,1-2H3,(H,27,32)(H,29,31). The number of hydrogen-bond donors (Lipinski definition) is 2. The van der Waals surface area contributed by atoms with Gasteiger partial charge in [0.1, 0.15) is 0 Å². The van der Waals surface area contributed by atoms with Gasteiger partial charge in [0, 0.05) is 29.1 Å². The molecule has 2 N–H and O–H groups in total. The van der Waals surface area contributed by atoms with Crippen LogP contribution in [0.3, 0.4) is 0 Å². The lowest BCUT2D eigenvalue weighted by Crippen LogP contribution is -2.16. The Labute approximate surface area is 216 Å². The van der Waals surface area contributed by atoms with Crippen molar-refractivity contribution in [2.24, 2.45) is 0 Å². The number of fused-ring (bicyclic) bond motifs is 1. The molecular weight excluding hydrogens is 496 g/mol. The highest BCUT2D eigenvalue weighted by Crippen LogP contribution is 2.32. The molecule has 2 amide bonds. The molecule has 8 nitrogen and oxygen atoms in total. The molecule has 4 aromatic rings. The molecule has 1 aromatic heterocycles. The molecule has 0 bridgehead atoms. The van der Waals surface area contributed by atoms with Crippen LogP contribution >= 0.6 is 23.1 Å². The van der Waals surface area contributed by atoms with Crippen molar-refractivity contribution in [1.82, 2.24) is 4.98 Å². The monoisotopic (exact) mass is 520 g/mol. The molecule has 0 saturated carbocycles. The predicted molar refractivity (Wildman–Crippen MR) is 145 cm³/mol. The fourth-order valence-electron chi connectivity index (χ4n) is 3.69. The Morgan fingerprint density at radius 3 is 2.33 bits per heavy atom. The second kappa shape index (κ2) is 11.3. The van der Waals surface area contributed by atoms with Gasteiger partial charge in [-0.25, -0.2) is 4.98 Å². The molecule has 0 aliphatic rings. The Morgan fingerprint density at radius 1 is 1.00 bits per heavy atom. The van der Waals surface area contributed by atoms with Gasteiger partial charge in [0.25, 0.3) is 11.6 Å². The van der Waals surface area contributed by atoms with Crippen LogP contribution in [-0.2, 0) is 17.6 Å². The number of para-hydroxylation sites is 1. The van der Waals surface area contributed by atoms with Crippen LogP contribution in [-0.4, -0.2) is 27.5 Å². The average molecular weight is 521 g/mol. The second-order valence-electron chi connectivity index (χ2n) is 7.92. The van der Waals surface area contributed by atoms with Crippen LogP contribution in [0.15, 0.2) is 65.0 Å². The van der Waals surface area contributed by atoms with Gasteiger partial charge in [0.05, 0.1) is 20.9 Å². The number of carbonyl (C=O) groups is 2. The first-order valence-electron chi connectivity index (χ1n) is 11.4. The lowest BCUT2D eigenvalue weighted by molar-refractivity contribution is -0.384. The van der Waals surface area contributed by atoms with E-state index in [2.05, 4.69) is 29.5 Å². The Hall–Kier alpha value is -3.76. The van der Waals surface area contributed by atoms with Crippen molar-refractivity contribution in [3.63, 3.8) is 0 Å². The minimum absolute atomic E-state index is 0.0725. The minimum atomic E-state index is -0.509. The fraction of sp³-hybridized carbons (Fsp3) is 0.192. The highest BCUT2D eigenvalue weighted by Gasteiger charge is 2.14. The number of anilines is 2. The van der Waals surface area contributed by atoms with E-state index in [0.29, 0.717) is 11.3 Å². The number of non-ortho nitro benzene ring substituents is 1. The zero-order valence-corrected chi connectivity index (χ0v) is 21.4. The lowest BCUT2D eigenvalue weighted by atomic mass is 10.0. The molecule has 0 saturated heterocycles. The molecule has 1 heterocycles. The summed E-state index contributed by atoms with van der Waals surface area (Å²) in [5.74, 6) is -0.199. The summed E-state index contributed by atoms with van der Waals surface area (Å²) in [6.07, 6.45) is 1.69. The van der Waals surface area contributed by atoms with Gasteiger partial charge in [0.15, 0.2) is 4.34 Å². The summed E-state index contributed by atoms with van der Waals surface area (Å²) < 4.78 is 1.64. The second-order valence-corrected chi connectivity index (χ2v) is 10.2. The normalized spacial score (nSPS) is 10.8. The van der Waals surface area contributed by atoms with Crippen molar-refractivity contribution in [2.45, 2.75) is 31.0 Å². The largest absolute Gasteiger partial charge is 0.325 e. The molecule has 0 unspecified atom stereocenters. The number of thiazole rings is 1. The van der Waals surface area contributed by atoms with Crippen LogP contribution in [0.25, 0.3) is 10.2 Å². The summed E-state index contributed by atoms with van der Waals surface area (Å²) in [4.78, 5) is 40.1. The van der Waals surface area contributed by atoms with Crippen molar-refractivity contribution in [1.29, 1.82) is 0 Å². The molecular formula is C26H24N4O4S2. The zero-order valence-electron chi connectivity index (χ0n) is 19.7. The van der Waals surface area contributed by atoms with Crippen LogP contribution in [0.5, 0.6) is 0 Å². The fourth-order valence-corrected chi connectivity index (χ4v) is 5.59. The van der Waals surface area contributed by atoms with Crippen LogP contribution in [0.2, 0.25) is 0 Å². The number of carbonyl (C=O) groups excluding carboxylic acids is 2. The summed E-state index contributed by atoms with van der Waals surface area (Å²) >= 11 is 2.82. The maximum atomic E-state index is 12.7. The first-order valence-corrected chi connectivity index (χ1v) is 13.2. The molecule has 0 spiro atoms. The summed E-state index contributed by atoms with van der Waals surface area (Å²) in [6.45, 7) is 4.14. The number of nitro groups is 1. The highest BCUT2D eigenvalue weighted by atomic mass is 32.2. The zero-order chi connectivity index (χ0) is 25.7. The Balaban J connectivity index is 1.39. The van der Waals surface area contributed by atoms with Gasteiger partial charge < -0.3 is 10.6 Å². The van der Waals surface area contributed by atoms with Crippen molar-refractivity contribution < 1.29 is 14.5 Å². The minimum Gasteiger partial charge on any atom is -0.325 e. The first kappa shape index (κ1) is 25.3. The third kappa shape index (κ3) is 5.89. The molecule has 3 aromatic carbocycles. The number of nitrogens with zero attached hydrogens (tertiary/aromatic N) is 2. The van der Waals surface area contributed by atoms with Gasteiger partial charge in [0.2, 0.25) is 5.91 Å². The van der Waals surface area contributed by atoms with Gasteiger partial charge in [-0.15, -0.1) is 11.3 Å². The number of aryl methyl sites for hydroxylation is 2. The van der Waals surface area contributed by atoms with Crippen molar-refractivity contribution in [2.75, 3.05) is 16.4 Å². The Bertz CT molecular complexity index is 1410. The van der Waals surface area contributed by atoms with Crippen LogP contribution < -0.4 is 10.6 Å². The van der Waals surface area contributed by atoms with E-state index in [4.69, 9.17) is 0 Å². The van der Waals surface area contributed by atoms with Gasteiger partial charge >= 0.3 is 0 Å². The summed E-state index contributed by atoms with van der Waals surface area (Å²) in [6, 6.07) is 16.9. The predicted octanol–water partition coefficient (Wildman–Crippen LogP) is 6.31. The van der Waals surface area contributed by atoms with Crippen molar-refractivity contribution in [3.8, 4) is 0 Å². The molecule has 0 fully saturated rings. The van der Waals surface area contributed by atoms with Gasteiger partial charge in [-0.2, -0.15) is 0 Å². The Kier molecular flexibility index (Phi) is 7.97. The number of nitro benzene ring substituents is 1. The van der Waals surface area contributed by atoms with E-state index >= 15 is 0 Å². The van der Waals surface area contributed by atoms with E-state index in [-0.39, 0.29) is 23.3 Å². The summed E-state index contributed by atoms with van der Waals surface area (Å²) in [5.41, 5.74) is 4.77. The number of benzene rings is 3. The van der Waals surface area contributed by atoms with Gasteiger partial charge in [-0.1, -0.05) is 43.8 Å². The molecule has 0 aliphatic heterocycles. The molecule has 0 atom stereocenters. The third-order valence-electron chi connectivity index (χ3n) is 5.56. The summed E-state index contributed by atoms with van der Waals surface area (Å²) in [5, 5.41) is 16.7. The molecule has 10 heteroatoms. The van der Waals surface area contributed by atoms with Crippen molar-refractivity contribution in [3.05, 3.63) is 87.5 Å². The number of nitrogens with one attached hydrogen (secondary N) is 2. The van der Waals surface area contributed by atoms with E-state index in [1.807, 2.05) is 30.3 Å². The quantitative estimate of drug-likeness (QED) is 0.152. The lowest BCUT2D eigenvalue weighted by Gasteiger charge is -2.14. The average Bonchev–Trinajstić information content (AvgIpc) is 3.30. The number of rotatable bonds is 9. The van der Waals surface area contributed by atoms with Crippen LogP contribution in [0.1, 0.15) is 35.3 Å². The van der Waals surface area contributed by atoms with E-state index in [0.717, 1.165) is 44.2 Å². The highest BCUT2D eigenvalue weighted by molar-refractivity contribution is 8.01. The van der Waals surface area contributed by atoms with Crippen LogP contribution in [0, 0.1) is 10.1 Å². The van der Waals surface area contributed by atoms with E-state index in [9.17, 15) is 19.7 Å². The maximum absolute atomic E-state index is 12.7. The van der Waals surface area contributed by atoms with Gasteiger partial charge in [-0.05, 0) is 54.3 Å². The third-order valence-corrected chi connectivity index (χ3v) is 7.72. The van der Waals surface area contributed by atoms with E-state index in [1.54, 1.807) is 6.07 Å². The molecule has 184 valence electrons. The summed E-state index contributed by atoms with van der Waals surface area (Å²) in [7, 11) is 0. The van der Waals surface area contributed by atoms with Crippen LogP contribution in [0.4, 0.5) is 17.1 Å². The molecule has 4 rings (SSSR count). The smallest absolute Gasteiger partial charge is 0.269 e. The molecule has 36 heavy (non-hydrogen) atoms. The van der Waals surface area contributed by atoms with E-state index in [1.165, 1.54) is 47.4 Å². The Morgan fingerprint density at radius 2 is 1.69 bits per heavy atom.